The number of allylic oxidation sites excluding steroid dienone is 1. The minimum atomic E-state index is 0.0824. The average Bonchev–Trinajstić information content (AvgIpc) is 3.22. The van der Waals surface area contributed by atoms with E-state index in [1.165, 1.54) is 5.56 Å². The smallest absolute Gasteiger partial charge is 0.240 e. The summed E-state index contributed by atoms with van der Waals surface area (Å²) in [6.45, 7) is 15.7. The zero-order valence-corrected chi connectivity index (χ0v) is 23.0. The Kier molecular flexibility index (Phi) is 14.1. The van der Waals surface area contributed by atoms with Crippen molar-refractivity contribution in [1.29, 1.82) is 0 Å². The fourth-order valence-electron chi connectivity index (χ4n) is 3.73. The van der Waals surface area contributed by atoms with E-state index in [1.807, 2.05) is 71.8 Å². The third-order valence-corrected chi connectivity index (χ3v) is 5.27. The van der Waals surface area contributed by atoms with Gasteiger partial charge in [-0.15, -0.1) is 5.10 Å². The van der Waals surface area contributed by atoms with Gasteiger partial charge in [0.25, 0.3) is 0 Å². The molecule has 1 aromatic carbocycles. The molecule has 6 nitrogen and oxygen atoms in total. The van der Waals surface area contributed by atoms with Crippen LogP contribution in [-0.2, 0) is 11.2 Å². The number of aryl methyl sites for hydroxylation is 1. The Morgan fingerprint density at radius 2 is 1.83 bits per heavy atom. The lowest BCUT2D eigenvalue weighted by atomic mass is 10.0. The van der Waals surface area contributed by atoms with Gasteiger partial charge in [0.1, 0.15) is 5.69 Å². The number of methoxy groups -OCH3 is 1. The predicted octanol–water partition coefficient (Wildman–Crippen LogP) is 7.61. The van der Waals surface area contributed by atoms with E-state index in [0.717, 1.165) is 60.6 Å². The third kappa shape index (κ3) is 8.85. The summed E-state index contributed by atoms with van der Waals surface area (Å²) in [7, 11) is 3.59. The van der Waals surface area contributed by atoms with E-state index >= 15 is 0 Å². The van der Waals surface area contributed by atoms with E-state index in [-0.39, 0.29) is 6.23 Å². The minimum Gasteiger partial charge on any atom is -0.479 e. The van der Waals surface area contributed by atoms with Gasteiger partial charge >= 0.3 is 0 Å². The average molecular weight is 481 g/mol. The van der Waals surface area contributed by atoms with Crippen LogP contribution >= 0.6 is 0 Å². The van der Waals surface area contributed by atoms with Crippen LogP contribution in [0.25, 0.3) is 23.4 Å². The molecule has 1 unspecified atom stereocenters. The number of hydrazone groups is 1. The first-order valence-electron chi connectivity index (χ1n) is 12.8. The van der Waals surface area contributed by atoms with Gasteiger partial charge in [-0.3, -0.25) is 5.01 Å². The van der Waals surface area contributed by atoms with Crippen LogP contribution in [0.3, 0.4) is 0 Å². The zero-order valence-electron chi connectivity index (χ0n) is 23.0. The summed E-state index contributed by atoms with van der Waals surface area (Å²) in [5, 5.41) is 6.20. The Morgan fingerprint density at radius 1 is 1.09 bits per heavy atom. The highest BCUT2D eigenvalue weighted by atomic mass is 16.5. The monoisotopic (exact) mass is 480 g/mol. The highest BCUT2D eigenvalue weighted by Crippen LogP contribution is 2.29. The molecule has 6 heteroatoms. The number of hydrogen-bond donors (Lipinski definition) is 0. The first-order chi connectivity index (χ1) is 17.0. The van der Waals surface area contributed by atoms with Gasteiger partial charge in [-0.05, 0) is 50.0 Å². The number of unbranched alkanes of at least 4 members (excludes halogenated alkanes) is 2. The summed E-state index contributed by atoms with van der Waals surface area (Å²) in [6.07, 6.45) is 11.1. The molecule has 0 bridgehead atoms. The maximum Gasteiger partial charge on any atom is 0.240 e. The van der Waals surface area contributed by atoms with Crippen LogP contribution in [0.15, 0.2) is 42.0 Å². The molecule has 0 N–H and O–H groups in total. The molecule has 2 aromatic rings. The van der Waals surface area contributed by atoms with Gasteiger partial charge < -0.3 is 9.47 Å². The molecule has 1 aliphatic rings. The zero-order chi connectivity index (χ0) is 26.2. The maximum atomic E-state index is 5.71. The highest BCUT2D eigenvalue weighted by molar-refractivity contribution is 5.74. The lowest BCUT2D eigenvalue weighted by molar-refractivity contribution is 0.0665. The fourth-order valence-corrected chi connectivity index (χ4v) is 3.73. The Balaban J connectivity index is 0.00000145. The molecule has 192 valence electrons. The van der Waals surface area contributed by atoms with Gasteiger partial charge in [0.2, 0.25) is 11.8 Å². The summed E-state index contributed by atoms with van der Waals surface area (Å²) in [6, 6.07) is 8.46. The lowest BCUT2D eigenvalue weighted by Crippen LogP contribution is -2.24. The van der Waals surface area contributed by atoms with E-state index in [1.54, 1.807) is 13.2 Å². The number of ether oxygens (including phenoxy) is 2. The SMILES string of the molecule is C=Cc1nc(-c2cccc(CCCCCC3OC(C)=NN3C)c2)c(OC)nc1/C=C\C.CC.CC. The van der Waals surface area contributed by atoms with Crippen molar-refractivity contribution >= 4 is 18.0 Å². The van der Waals surface area contributed by atoms with Gasteiger partial charge in [0.05, 0.1) is 18.5 Å². The van der Waals surface area contributed by atoms with Crippen LogP contribution in [0.1, 0.15) is 84.2 Å². The minimum absolute atomic E-state index is 0.0824. The van der Waals surface area contributed by atoms with E-state index in [9.17, 15) is 0 Å². The number of nitrogens with zero attached hydrogens (tertiary/aromatic N) is 4. The number of benzene rings is 1. The number of rotatable bonds is 10. The summed E-state index contributed by atoms with van der Waals surface area (Å²) in [5.74, 6) is 1.27. The van der Waals surface area contributed by atoms with Crippen LogP contribution in [0.5, 0.6) is 5.88 Å². The van der Waals surface area contributed by atoms with Gasteiger partial charge in [-0.2, -0.15) is 0 Å². The van der Waals surface area contributed by atoms with Gasteiger partial charge in [-0.1, -0.05) is 65.0 Å². The van der Waals surface area contributed by atoms with Gasteiger partial charge in [-0.25, -0.2) is 9.97 Å². The Labute approximate surface area is 212 Å². The Morgan fingerprint density at radius 3 is 2.43 bits per heavy atom. The molecule has 0 amide bonds. The third-order valence-electron chi connectivity index (χ3n) is 5.27. The standard InChI is InChI=1S/C25H32N4O2.2C2H6/c1-6-12-22-21(7-2)26-24(25(27-22)30-5)20-15-11-14-19(17-20)13-9-8-10-16-23-29(4)28-18(3)31-23;2*1-2/h6-7,11-12,14-15,17,23H,2,8-10,13,16H2,1,3-5H3;2*1-2H3/b12-6-;;. The van der Waals surface area contributed by atoms with Crippen LogP contribution in [0.4, 0.5) is 0 Å². The van der Waals surface area contributed by atoms with Crippen molar-refractivity contribution in [3.63, 3.8) is 0 Å². The molecular formula is C29H44N4O2. The fraction of sp³-hybridized carbons (Fsp3) is 0.483. The summed E-state index contributed by atoms with van der Waals surface area (Å²) >= 11 is 0. The van der Waals surface area contributed by atoms with Crippen molar-refractivity contribution in [2.75, 3.05) is 14.2 Å². The first kappa shape index (κ1) is 29.9. The molecule has 35 heavy (non-hydrogen) atoms. The second-order valence-corrected chi connectivity index (χ2v) is 7.62. The van der Waals surface area contributed by atoms with Crippen molar-refractivity contribution in [2.45, 2.75) is 79.9 Å². The molecule has 0 radical (unpaired) electrons. The molecule has 1 aliphatic heterocycles. The lowest BCUT2D eigenvalue weighted by Gasteiger charge is -2.17. The molecule has 0 saturated carbocycles. The van der Waals surface area contributed by atoms with E-state index in [2.05, 4.69) is 34.9 Å². The van der Waals surface area contributed by atoms with Crippen molar-refractivity contribution in [2.24, 2.45) is 5.10 Å². The molecule has 0 spiro atoms. The van der Waals surface area contributed by atoms with Crippen molar-refractivity contribution in [3.8, 4) is 17.1 Å². The van der Waals surface area contributed by atoms with Crippen LogP contribution < -0.4 is 4.74 Å². The molecule has 0 fully saturated rings. The van der Waals surface area contributed by atoms with E-state index in [4.69, 9.17) is 14.5 Å². The molecule has 0 aliphatic carbocycles. The molecule has 2 heterocycles. The highest BCUT2D eigenvalue weighted by Gasteiger charge is 2.21. The van der Waals surface area contributed by atoms with E-state index in [0.29, 0.717) is 5.88 Å². The quantitative estimate of drug-likeness (QED) is 0.328. The molecule has 3 rings (SSSR count). The van der Waals surface area contributed by atoms with Gasteiger partial charge in [0.15, 0.2) is 6.23 Å². The van der Waals surface area contributed by atoms with Crippen molar-refractivity contribution in [1.82, 2.24) is 15.0 Å². The second kappa shape index (κ2) is 16.5. The van der Waals surface area contributed by atoms with Gasteiger partial charge in [0, 0.05) is 26.0 Å². The van der Waals surface area contributed by atoms with Crippen LogP contribution in [-0.4, -0.2) is 41.3 Å². The second-order valence-electron chi connectivity index (χ2n) is 7.62. The number of hydrogen-bond acceptors (Lipinski definition) is 6. The summed E-state index contributed by atoms with van der Waals surface area (Å²) < 4.78 is 11.2. The Hall–Kier alpha value is -3.15. The molecular weight excluding hydrogens is 436 g/mol. The maximum absolute atomic E-state index is 5.71. The van der Waals surface area contributed by atoms with Crippen LogP contribution in [0.2, 0.25) is 0 Å². The molecule has 0 saturated heterocycles. The largest absolute Gasteiger partial charge is 0.479 e. The summed E-state index contributed by atoms with van der Waals surface area (Å²) in [5.41, 5.74) is 4.53. The van der Waals surface area contributed by atoms with Crippen molar-refractivity contribution in [3.05, 3.63) is 53.9 Å². The summed E-state index contributed by atoms with van der Waals surface area (Å²) in [4.78, 5) is 9.40. The normalized spacial score (nSPS) is 14.3. The van der Waals surface area contributed by atoms with Crippen molar-refractivity contribution < 1.29 is 9.47 Å². The molecule has 1 aromatic heterocycles. The first-order valence-corrected chi connectivity index (χ1v) is 12.8. The topological polar surface area (TPSA) is 59.8 Å². The van der Waals surface area contributed by atoms with Crippen LogP contribution in [0, 0.1) is 0 Å². The molecule has 1 atom stereocenters. The number of aromatic nitrogens is 2. The Bertz CT molecular complexity index is 969. The predicted molar refractivity (Wildman–Crippen MR) is 149 cm³/mol. The van der Waals surface area contributed by atoms with E-state index < -0.39 is 0 Å².